The summed E-state index contributed by atoms with van der Waals surface area (Å²) < 4.78 is 29.6. The Hall–Kier alpha value is -1.62. The molecule has 5 heteroatoms. The first-order valence-electron chi connectivity index (χ1n) is 6.11. The minimum atomic E-state index is -3.71. The van der Waals surface area contributed by atoms with E-state index < -0.39 is 21.2 Å². The average molecular weight is 282 g/mol. The third kappa shape index (κ3) is 4.52. The molecule has 0 fully saturated rings. The van der Waals surface area contributed by atoms with E-state index in [-0.39, 0.29) is 4.90 Å². The van der Waals surface area contributed by atoms with Gasteiger partial charge < -0.3 is 4.74 Å². The van der Waals surface area contributed by atoms with Gasteiger partial charge in [0.25, 0.3) is 0 Å². The number of esters is 1. The van der Waals surface area contributed by atoms with E-state index in [0.29, 0.717) is 0 Å². The molecule has 0 amide bonds. The molecule has 1 atom stereocenters. The van der Waals surface area contributed by atoms with Crippen molar-refractivity contribution in [1.82, 2.24) is 0 Å². The van der Waals surface area contributed by atoms with Crippen LogP contribution in [0.5, 0.6) is 0 Å². The van der Waals surface area contributed by atoms with Gasteiger partial charge in [-0.05, 0) is 24.6 Å². The van der Waals surface area contributed by atoms with E-state index in [9.17, 15) is 13.2 Å². The molecule has 0 aromatic heterocycles. The number of rotatable bonds is 6. The molecule has 0 bridgehead atoms. The Kier molecular flexibility index (Phi) is 5.76. The highest BCUT2D eigenvalue weighted by Gasteiger charge is 2.27. The number of benzene rings is 1. The molecule has 19 heavy (non-hydrogen) atoms. The van der Waals surface area contributed by atoms with Crippen molar-refractivity contribution in [2.24, 2.45) is 0 Å². The van der Waals surface area contributed by atoms with Crippen molar-refractivity contribution in [3.8, 4) is 0 Å². The van der Waals surface area contributed by atoms with E-state index in [4.69, 9.17) is 4.74 Å². The number of ether oxygens (including phenoxy) is 1. The van der Waals surface area contributed by atoms with Gasteiger partial charge in [-0.15, -0.1) is 0 Å². The maximum atomic E-state index is 12.3. The monoisotopic (exact) mass is 282 g/mol. The van der Waals surface area contributed by atoms with Crippen LogP contribution in [0.4, 0.5) is 0 Å². The smallest absolute Gasteiger partial charge is 0.304 e. The zero-order valence-electron chi connectivity index (χ0n) is 11.1. The second-order valence-electron chi connectivity index (χ2n) is 4.05. The summed E-state index contributed by atoms with van der Waals surface area (Å²) in [6.07, 6.45) is 4.78. The van der Waals surface area contributed by atoms with Crippen LogP contribution in [0.15, 0.2) is 47.4 Å². The lowest BCUT2D eigenvalue weighted by molar-refractivity contribution is -0.141. The first-order chi connectivity index (χ1) is 8.98. The van der Waals surface area contributed by atoms with Crippen LogP contribution in [-0.4, -0.2) is 19.8 Å². The minimum absolute atomic E-state index is 0.141. The van der Waals surface area contributed by atoms with Crippen molar-refractivity contribution in [3.05, 3.63) is 42.5 Å². The fourth-order valence-electron chi connectivity index (χ4n) is 1.49. The summed E-state index contributed by atoms with van der Waals surface area (Å²) in [5.74, 6) is -0.620. The van der Waals surface area contributed by atoms with Crippen molar-refractivity contribution in [1.29, 1.82) is 0 Å². The van der Waals surface area contributed by atoms with Gasteiger partial charge in [0.15, 0.2) is 0 Å². The second-order valence-corrected chi connectivity index (χ2v) is 6.08. The molecule has 0 radical (unpaired) electrons. The van der Waals surface area contributed by atoms with E-state index in [2.05, 4.69) is 0 Å². The Bertz CT molecular complexity index is 532. The van der Waals surface area contributed by atoms with Crippen LogP contribution in [0.25, 0.3) is 0 Å². The van der Waals surface area contributed by atoms with Crippen LogP contribution >= 0.6 is 0 Å². The van der Waals surface area contributed by atoms with Crippen LogP contribution in [0.3, 0.4) is 0 Å². The molecule has 0 heterocycles. The van der Waals surface area contributed by atoms with Gasteiger partial charge in [0.1, 0.15) is 0 Å². The predicted octanol–water partition coefficient (Wildman–Crippen LogP) is 2.71. The summed E-state index contributed by atoms with van der Waals surface area (Å²) in [7, 11) is -3.71. The summed E-state index contributed by atoms with van der Waals surface area (Å²) in [6, 6.07) is 7.96. The maximum absolute atomic E-state index is 12.3. The number of allylic oxidation sites excluding steroid dienone is 1. The molecule has 0 unspecified atom stereocenters. The molecule has 0 saturated carbocycles. The summed E-state index contributed by atoms with van der Waals surface area (Å²) in [4.78, 5) is 11.2. The van der Waals surface area contributed by atoms with Crippen LogP contribution in [-0.2, 0) is 19.4 Å². The zero-order chi connectivity index (χ0) is 14.3. The first-order valence-corrected chi connectivity index (χ1v) is 7.66. The van der Waals surface area contributed by atoms with Crippen molar-refractivity contribution in [2.45, 2.75) is 37.0 Å². The molecule has 0 N–H and O–H groups in total. The number of hydrogen-bond acceptors (Lipinski definition) is 4. The predicted molar refractivity (Wildman–Crippen MR) is 73.2 cm³/mol. The van der Waals surface area contributed by atoms with Crippen LogP contribution in [0.2, 0.25) is 0 Å². The Balaban J connectivity index is 3.05. The van der Waals surface area contributed by atoms with E-state index in [1.807, 2.05) is 6.92 Å². The minimum Gasteiger partial charge on any atom is -0.441 e. The Morgan fingerprint density at radius 2 is 1.95 bits per heavy atom. The van der Waals surface area contributed by atoms with Gasteiger partial charge in [0.2, 0.25) is 15.3 Å². The van der Waals surface area contributed by atoms with E-state index >= 15 is 0 Å². The highest BCUT2D eigenvalue weighted by atomic mass is 32.2. The van der Waals surface area contributed by atoms with Gasteiger partial charge in [0, 0.05) is 6.92 Å². The molecule has 0 aliphatic heterocycles. The molecule has 104 valence electrons. The quantitative estimate of drug-likeness (QED) is 0.594. The van der Waals surface area contributed by atoms with Gasteiger partial charge in [-0.3, -0.25) is 4.79 Å². The highest BCUT2D eigenvalue weighted by molar-refractivity contribution is 7.92. The number of sulfone groups is 1. The number of unbranched alkanes of at least 4 members (excludes halogenated alkanes) is 1. The standard InChI is InChI=1S/C14H18O4S/c1-3-4-6-11-14(18-12(2)15)19(16,17)13-9-7-5-8-10-13/h5-11,14H,3-4H2,1-2H3/b11-6+/t14-/m0/s1. The third-order valence-electron chi connectivity index (χ3n) is 2.41. The Morgan fingerprint density at radius 3 is 2.47 bits per heavy atom. The lowest BCUT2D eigenvalue weighted by Gasteiger charge is -2.14. The molecule has 0 saturated heterocycles. The van der Waals surface area contributed by atoms with Crippen LogP contribution in [0, 0.1) is 0 Å². The molecule has 0 aliphatic rings. The van der Waals surface area contributed by atoms with Gasteiger partial charge >= 0.3 is 5.97 Å². The summed E-state index contributed by atoms with van der Waals surface area (Å²) in [6.45, 7) is 3.18. The number of carbonyl (C=O) groups is 1. The van der Waals surface area contributed by atoms with Gasteiger partial charge in [0.05, 0.1) is 4.90 Å². The largest absolute Gasteiger partial charge is 0.441 e. The third-order valence-corrected chi connectivity index (χ3v) is 4.20. The van der Waals surface area contributed by atoms with Gasteiger partial charge in [-0.1, -0.05) is 37.6 Å². The van der Waals surface area contributed by atoms with Crippen LogP contribution < -0.4 is 0 Å². The summed E-state index contributed by atoms with van der Waals surface area (Å²) >= 11 is 0. The molecular weight excluding hydrogens is 264 g/mol. The molecule has 4 nitrogen and oxygen atoms in total. The lowest BCUT2D eigenvalue weighted by atomic mass is 10.3. The molecule has 1 aromatic carbocycles. The van der Waals surface area contributed by atoms with E-state index in [1.54, 1.807) is 24.3 Å². The van der Waals surface area contributed by atoms with Crippen molar-refractivity contribution in [3.63, 3.8) is 0 Å². The van der Waals surface area contributed by atoms with Crippen LogP contribution in [0.1, 0.15) is 26.7 Å². The van der Waals surface area contributed by atoms with Gasteiger partial charge in [-0.25, -0.2) is 8.42 Å². The molecule has 0 spiro atoms. The molecule has 1 rings (SSSR count). The molecule has 1 aromatic rings. The average Bonchev–Trinajstić information content (AvgIpc) is 2.38. The maximum Gasteiger partial charge on any atom is 0.304 e. The van der Waals surface area contributed by atoms with Crippen molar-refractivity contribution in [2.75, 3.05) is 0 Å². The van der Waals surface area contributed by atoms with Crippen molar-refractivity contribution >= 4 is 15.8 Å². The molecular formula is C14H18O4S. The van der Waals surface area contributed by atoms with Gasteiger partial charge in [-0.2, -0.15) is 0 Å². The topological polar surface area (TPSA) is 60.4 Å². The summed E-state index contributed by atoms with van der Waals surface area (Å²) in [5, 5.41) is 0. The Labute approximate surface area is 114 Å². The lowest BCUT2D eigenvalue weighted by Crippen LogP contribution is -2.24. The SMILES string of the molecule is CCC/C=C/[C@@H](OC(C)=O)S(=O)(=O)c1ccccc1. The first kappa shape index (κ1) is 15.4. The highest BCUT2D eigenvalue weighted by Crippen LogP contribution is 2.18. The number of hydrogen-bond donors (Lipinski definition) is 0. The van der Waals surface area contributed by atoms with Crippen molar-refractivity contribution < 1.29 is 17.9 Å². The second kappa shape index (κ2) is 7.09. The van der Waals surface area contributed by atoms with E-state index in [0.717, 1.165) is 12.8 Å². The van der Waals surface area contributed by atoms with E-state index in [1.165, 1.54) is 25.1 Å². The number of carbonyl (C=O) groups excluding carboxylic acids is 1. The molecule has 0 aliphatic carbocycles. The fourth-order valence-corrected chi connectivity index (χ4v) is 2.87. The normalized spacial score (nSPS) is 13.4. The Morgan fingerprint density at radius 1 is 1.32 bits per heavy atom. The fraction of sp³-hybridized carbons (Fsp3) is 0.357. The zero-order valence-corrected chi connectivity index (χ0v) is 11.9. The summed E-state index contributed by atoms with van der Waals surface area (Å²) in [5.41, 5.74) is -1.26.